The van der Waals surface area contributed by atoms with Gasteiger partial charge in [0.25, 0.3) is 0 Å². The zero-order valence-corrected chi connectivity index (χ0v) is 15.4. The van der Waals surface area contributed by atoms with Crippen molar-refractivity contribution >= 4 is 44.9 Å². The summed E-state index contributed by atoms with van der Waals surface area (Å²) in [4.78, 5) is 11.6. The van der Waals surface area contributed by atoms with E-state index in [-0.39, 0.29) is 11.9 Å². The van der Waals surface area contributed by atoms with Gasteiger partial charge in [0.1, 0.15) is 0 Å². The number of halogens is 2. The number of esters is 1. The summed E-state index contributed by atoms with van der Waals surface area (Å²) in [6.45, 7) is 2.07. The van der Waals surface area contributed by atoms with Gasteiger partial charge >= 0.3 is 5.97 Å². The predicted molar refractivity (Wildman–Crippen MR) is 98.5 cm³/mol. The lowest BCUT2D eigenvalue weighted by atomic mass is 9.93. The Labute approximate surface area is 150 Å². The van der Waals surface area contributed by atoms with Crippen LogP contribution in [0.1, 0.15) is 31.2 Å². The van der Waals surface area contributed by atoms with Crippen molar-refractivity contribution < 1.29 is 9.53 Å². The van der Waals surface area contributed by atoms with Gasteiger partial charge in [0.15, 0.2) is 0 Å². The molecule has 1 atom stereocenters. The topological polar surface area (TPSA) is 38.3 Å². The van der Waals surface area contributed by atoms with E-state index in [1.165, 1.54) is 7.11 Å². The lowest BCUT2D eigenvalue weighted by Crippen LogP contribution is -2.08. The van der Waals surface area contributed by atoms with E-state index in [0.29, 0.717) is 11.4 Å². The fourth-order valence-electron chi connectivity index (χ4n) is 2.36. The normalized spacial score (nSPS) is 11.8. The quantitative estimate of drug-likeness (QED) is 0.617. The molecule has 2 aromatic rings. The van der Waals surface area contributed by atoms with Gasteiger partial charge in [-0.2, -0.15) is 0 Å². The second-order valence-corrected chi connectivity index (χ2v) is 6.55. The van der Waals surface area contributed by atoms with Crippen LogP contribution in [0.25, 0.3) is 0 Å². The minimum atomic E-state index is -0.188. The Balaban J connectivity index is 2.23. The first-order valence-corrected chi connectivity index (χ1v) is 8.59. The third-order valence-corrected chi connectivity index (χ3v) is 4.66. The molecule has 122 valence electrons. The highest BCUT2D eigenvalue weighted by Crippen LogP contribution is 2.32. The van der Waals surface area contributed by atoms with Gasteiger partial charge in [-0.15, -0.1) is 0 Å². The van der Waals surface area contributed by atoms with E-state index in [0.717, 1.165) is 27.8 Å². The Hall–Kier alpha value is -1.52. The smallest absolute Gasteiger partial charge is 0.306 e. The summed E-state index contributed by atoms with van der Waals surface area (Å²) in [7, 11) is 1.42. The molecule has 0 heterocycles. The fourth-order valence-corrected chi connectivity index (χ4v) is 2.84. The van der Waals surface area contributed by atoms with Crippen LogP contribution in [0.15, 0.2) is 46.9 Å². The number of methoxy groups -OCH3 is 1. The SMILES string of the molecule is CCC(CC(=O)OC)c1ccc(Br)c(Nc2ccc(Cl)cc2)c1. The third kappa shape index (κ3) is 4.98. The van der Waals surface area contributed by atoms with Crippen molar-refractivity contribution in [3.8, 4) is 0 Å². The zero-order valence-electron chi connectivity index (χ0n) is 13.1. The first-order valence-electron chi connectivity index (χ1n) is 7.42. The second kappa shape index (κ2) is 8.37. The Bertz CT molecular complexity index is 673. The number of carbonyl (C=O) groups is 1. The van der Waals surface area contributed by atoms with E-state index in [9.17, 15) is 4.79 Å². The van der Waals surface area contributed by atoms with Crippen LogP contribution in [-0.2, 0) is 9.53 Å². The highest BCUT2D eigenvalue weighted by Gasteiger charge is 2.16. The number of hydrogen-bond donors (Lipinski definition) is 1. The lowest BCUT2D eigenvalue weighted by molar-refractivity contribution is -0.141. The van der Waals surface area contributed by atoms with Gasteiger partial charge in [-0.25, -0.2) is 0 Å². The predicted octanol–water partition coefficient (Wildman–Crippen LogP) is 5.90. The van der Waals surface area contributed by atoms with Crippen molar-refractivity contribution in [3.05, 3.63) is 57.5 Å². The summed E-state index contributed by atoms with van der Waals surface area (Å²) in [6, 6.07) is 13.6. The molecular weight excluding hydrogens is 378 g/mol. The summed E-state index contributed by atoms with van der Waals surface area (Å²) in [5.41, 5.74) is 3.01. The number of rotatable bonds is 6. The molecule has 0 aliphatic carbocycles. The fraction of sp³-hybridized carbons (Fsp3) is 0.278. The molecular formula is C18H19BrClNO2. The average molecular weight is 397 g/mol. The van der Waals surface area contributed by atoms with Crippen LogP contribution in [0.2, 0.25) is 5.02 Å². The minimum absolute atomic E-state index is 0.140. The molecule has 0 aromatic heterocycles. The summed E-state index contributed by atoms with van der Waals surface area (Å²) < 4.78 is 5.75. The van der Waals surface area contributed by atoms with Crippen molar-refractivity contribution in [2.75, 3.05) is 12.4 Å². The first kappa shape index (κ1) is 17.8. The Morgan fingerprint density at radius 2 is 1.96 bits per heavy atom. The summed E-state index contributed by atoms with van der Waals surface area (Å²) in [5, 5.41) is 4.07. The zero-order chi connectivity index (χ0) is 16.8. The highest BCUT2D eigenvalue weighted by atomic mass is 79.9. The van der Waals surface area contributed by atoms with Crippen LogP contribution in [0.4, 0.5) is 11.4 Å². The van der Waals surface area contributed by atoms with E-state index in [1.54, 1.807) is 0 Å². The van der Waals surface area contributed by atoms with E-state index in [1.807, 2.05) is 36.4 Å². The van der Waals surface area contributed by atoms with Gasteiger partial charge in [0.2, 0.25) is 0 Å². The highest BCUT2D eigenvalue weighted by molar-refractivity contribution is 9.10. The lowest BCUT2D eigenvalue weighted by Gasteiger charge is -2.17. The molecule has 2 aromatic carbocycles. The summed E-state index contributed by atoms with van der Waals surface area (Å²) >= 11 is 9.47. The first-order chi connectivity index (χ1) is 11.0. The van der Waals surface area contributed by atoms with Gasteiger partial charge in [-0.1, -0.05) is 24.6 Å². The van der Waals surface area contributed by atoms with Crippen LogP contribution in [0, 0.1) is 0 Å². The molecule has 0 bridgehead atoms. The van der Waals surface area contributed by atoms with Gasteiger partial charge in [0.05, 0.1) is 19.2 Å². The van der Waals surface area contributed by atoms with Crippen LogP contribution >= 0.6 is 27.5 Å². The molecule has 23 heavy (non-hydrogen) atoms. The van der Waals surface area contributed by atoms with Gasteiger partial charge in [-0.3, -0.25) is 4.79 Å². The van der Waals surface area contributed by atoms with Crippen LogP contribution in [0.3, 0.4) is 0 Å². The molecule has 0 spiro atoms. The molecule has 0 saturated carbocycles. The number of carbonyl (C=O) groups excluding carboxylic acids is 1. The Morgan fingerprint density at radius 3 is 2.57 bits per heavy atom. The van der Waals surface area contributed by atoms with Gasteiger partial charge in [-0.05, 0) is 70.2 Å². The van der Waals surface area contributed by atoms with Crippen LogP contribution in [0.5, 0.6) is 0 Å². The maximum atomic E-state index is 11.6. The molecule has 2 rings (SSSR count). The molecule has 0 saturated heterocycles. The Morgan fingerprint density at radius 1 is 1.26 bits per heavy atom. The molecule has 0 fully saturated rings. The molecule has 3 nitrogen and oxygen atoms in total. The minimum Gasteiger partial charge on any atom is -0.469 e. The van der Waals surface area contributed by atoms with Crippen molar-refractivity contribution in [1.82, 2.24) is 0 Å². The van der Waals surface area contributed by atoms with Crippen molar-refractivity contribution in [2.24, 2.45) is 0 Å². The maximum Gasteiger partial charge on any atom is 0.306 e. The average Bonchev–Trinajstić information content (AvgIpc) is 2.56. The van der Waals surface area contributed by atoms with E-state index < -0.39 is 0 Å². The maximum absolute atomic E-state index is 11.6. The number of ether oxygens (including phenoxy) is 1. The number of anilines is 2. The number of nitrogens with one attached hydrogen (secondary N) is 1. The summed E-state index contributed by atoms with van der Waals surface area (Å²) in [6.07, 6.45) is 1.26. The van der Waals surface area contributed by atoms with Crippen LogP contribution < -0.4 is 5.32 Å². The standard InChI is InChI=1S/C18H19BrClNO2/c1-3-12(11-18(22)23-2)13-4-9-16(19)17(10-13)21-15-7-5-14(20)6-8-15/h4-10,12,21H,3,11H2,1-2H3. The van der Waals surface area contributed by atoms with Crippen molar-refractivity contribution in [1.29, 1.82) is 0 Å². The largest absolute Gasteiger partial charge is 0.469 e. The van der Waals surface area contributed by atoms with Crippen molar-refractivity contribution in [3.63, 3.8) is 0 Å². The molecule has 5 heteroatoms. The van der Waals surface area contributed by atoms with E-state index in [2.05, 4.69) is 34.2 Å². The van der Waals surface area contributed by atoms with Gasteiger partial charge < -0.3 is 10.1 Å². The third-order valence-electron chi connectivity index (χ3n) is 3.72. The molecule has 0 aliphatic heterocycles. The monoisotopic (exact) mass is 395 g/mol. The van der Waals surface area contributed by atoms with Crippen molar-refractivity contribution in [2.45, 2.75) is 25.7 Å². The van der Waals surface area contributed by atoms with E-state index in [4.69, 9.17) is 16.3 Å². The summed E-state index contributed by atoms with van der Waals surface area (Å²) in [5.74, 6) is -0.0479. The van der Waals surface area contributed by atoms with Crippen LogP contribution in [-0.4, -0.2) is 13.1 Å². The van der Waals surface area contributed by atoms with Gasteiger partial charge in [0, 0.05) is 15.2 Å². The number of hydrogen-bond acceptors (Lipinski definition) is 3. The second-order valence-electron chi connectivity index (χ2n) is 5.26. The molecule has 0 aliphatic rings. The molecule has 0 amide bonds. The molecule has 1 unspecified atom stereocenters. The molecule has 1 N–H and O–H groups in total. The van der Waals surface area contributed by atoms with E-state index >= 15 is 0 Å². The number of benzene rings is 2. The Kier molecular flexibility index (Phi) is 6.48. The molecule has 0 radical (unpaired) electrons.